The van der Waals surface area contributed by atoms with Gasteiger partial charge in [-0.3, -0.25) is 0 Å². The molecule has 0 aromatic heterocycles. The summed E-state index contributed by atoms with van der Waals surface area (Å²) in [7, 11) is 0. The molecule has 0 aliphatic rings. The second-order valence-electron chi connectivity index (χ2n) is 3.20. The van der Waals surface area contributed by atoms with Crippen molar-refractivity contribution in [3.8, 4) is 5.75 Å². The van der Waals surface area contributed by atoms with Crippen LogP contribution in [0.2, 0.25) is 0 Å². The molecule has 0 heterocycles. The maximum atomic E-state index is 12.2. The molecule has 0 saturated carbocycles. The number of ether oxygens (including phenoxy) is 1. The van der Waals surface area contributed by atoms with Crippen LogP contribution < -0.4 is 4.74 Å². The van der Waals surface area contributed by atoms with Gasteiger partial charge in [-0.15, -0.1) is 0 Å². The highest BCUT2D eigenvalue weighted by Gasteiger charge is 2.31. The average Bonchev–Trinajstić information content (AvgIpc) is 2.24. The first kappa shape index (κ1) is 13.8. The van der Waals surface area contributed by atoms with Gasteiger partial charge < -0.3 is 14.9 Å². The van der Waals surface area contributed by atoms with Crippen LogP contribution in [-0.2, 0) is 15.8 Å². The lowest BCUT2D eigenvalue weighted by Crippen LogP contribution is -2.35. The van der Waals surface area contributed by atoms with Crippen molar-refractivity contribution in [3.63, 3.8) is 0 Å². The molecule has 8 heteroatoms. The molecule has 18 heavy (non-hydrogen) atoms. The first-order valence-corrected chi connectivity index (χ1v) is 4.51. The molecule has 0 bridgehead atoms. The summed E-state index contributed by atoms with van der Waals surface area (Å²) in [5, 5.41) is 17.0. The first-order chi connectivity index (χ1) is 8.21. The number of aliphatic carboxylic acids is 2. The van der Waals surface area contributed by atoms with Crippen LogP contribution in [0.1, 0.15) is 5.56 Å². The summed E-state index contributed by atoms with van der Waals surface area (Å²) in [5.41, 5.74) is -0.947. The largest absolute Gasteiger partial charge is 0.478 e. The van der Waals surface area contributed by atoms with Gasteiger partial charge in [0.2, 0.25) is 0 Å². The summed E-state index contributed by atoms with van der Waals surface area (Å²) in [6.07, 6.45) is -6.70. The van der Waals surface area contributed by atoms with Crippen LogP contribution in [-0.4, -0.2) is 28.3 Å². The SMILES string of the molecule is O=C(O)C(Oc1ccc(C(F)(F)F)cc1)C(=O)O. The minimum atomic E-state index is -4.53. The fraction of sp³-hybridized carbons (Fsp3) is 0.200. The lowest BCUT2D eigenvalue weighted by Gasteiger charge is -2.12. The van der Waals surface area contributed by atoms with Crippen LogP contribution in [0.3, 0.4) is 0 Å². The van der Waals surface area contributed by atoms with Crippen LogP contribution in [0.4, 0.5) is 13.2 Å². The normalized spacial score (nSPS) is 11.3. The Hall–Kier alpha value is -2.25. The summed E-state index contributed by atoms with van der Waals surface area (Å²) < 4.78 is 41.2. The fourth-order valence-corrected chi connectivity index (χ4v) is 1.07. The molecule has 0 amide bonds. The zero-order valence-corrected chi connectivity index (χ0v) is 8.64. The number of carbonyl (C=O) groups is 2. The molecule has 0 unspecified atom stereocenters. The molecule has 0 radical (unpaired) electrons. The summed E-state index contributed by atoms with van der Waals surface area (Å²) >= 11 is 0. The van der Waals surface area contributed by atoms with Gasteiger partial charge in [-0.05, 0) is 24.3 Å². The molecule has 0 aliphatic carbocycles. The molecule has 0 aliphatic heterocycles. The predicted octanol–water partition coefficient (Wildman–Crippen LogP) is 1.62. The summed E-state index contributed by atoms with van der Waals surface area (Å²) in [5.74, 6) is -3.78. The van der Waals surface area contributed by atoms with Crippen molar-refractivity contribution < 1.29 is 37.7 Å². The van der Waals surface area contributed by atoms with Crippen molar-refractivity contribution in [1.29, 1.82) is 0 Å². The van der Waals surface area contributed by atoms with E-state index in [4.69, 9.17) is 10.2 Å². The van der Waals surface area contributed by atoms with Crippen LogP contribution in [0.25, 0.3) is 0 Å². The van der Waals surface area contributed by atoms with E-state index < -0.39 is 29.8 Å². The third-order valence-electron chi connectivity index (χ3n) is 1.88. The molecule has 0 fully saturated rings. The Morgan fingerprint density at radius 1 is 1.06 bits per heavy atom. The number of hydrogen-bond acceptors (Lipinski definition) is 3. The molecule has 98 valence electrons. The van der Waals surface area contributed by atoms with E-state index in [9.17, 15) is 22.8 Å². The Labute approximate surface area is 98.4 Å². The van der Waals surface area contributed by atoms with Crippen molar-refractivity contribution in [2.24, 2.45) is 0 Å². The molecule has 1 aromatic rings. The van der Waals surface area contributed by atoms with Crippen LogP contribution in [0, 0.1) is 0 Å². The van der Waals surface area contributed by atoms with Gasteiger partial charge in [0.15, 0.2) is 0 Å². The van der Waals surface area contributed by atoms with E-state index in [1.54, 1.807) is 0 Å². The molecule has 1 aromatic carbocycles. The molecule has 0 saturated heterocycles. The van der Waals surface area contributed by atoms with E-state index in [0.29, 0.717) is 12.1 Å². The van der Waals surface area contributed by atoms with Crippen molar-refractivity contribution >= 4 is 11.9 Å². The quantitative estimate of drug-likeness (QED) is 0.807. The standard InChI is InChI=1S/C10H7F3O5/c11-10(12,13)5-1-3-6(4-2-5)18-7(8(14)15)9(16)17/h1-4,7H,(H,14,15)(H,16,17). The third-order valence-corrected chi connectivity index (χ3v) is 1.88. The maximum absolute atomic E-state index is 12.2. The molecule has 0 atom stereocenters. The lowest BCUT2D eigenvalue weighted by molar-refractivity contribution is -0.159. The molecule has 1 rings (SSSR count). The van der Waals surface area contributed by atoms with Gasteiger partial charge in [0.05, 0.1) is 5.56 Å². The van der Waals surface area contributed by atoms with Crippen LogP contribution in [0.15, 0.2) is 24.3 Å². The smallest absolute Gasteiger partial charge is 0.416 e. The van der Waals surface area contributed by atoms with E-state index in [2.05, 4.69) is 4.74 Å². The number of carboxylic acid groups (broad SMARTS) is 2. The second-order valence-corrected chi connectivity index (χ2v) is 3.20. The molecule has 5 nitrogen and oxygen atoms in total. The van der Waals surface area contributed by atoms with Crippen molar-refractivity contribution in [2.45, 2.75) is 12.3 Å². The Kier molecular flexibility index (Phi) is 3.79. The van der Waals surface area contributed by atoms with E-state index in [1.165, 1.54) is 0 Å². The first-order valence-electron chi connectivity index (χ1n) is 4.51. The van der Waals surface area contributed by atoms with Gasteiger partial charge in [0.1, 0.15) is 5.75 Å². The van der Waals surface area contributed by atoms with Gasteiger partial charge in [-0.1, -0.05) is 0 Å². The Balaban J connectivity index is 2.86. The van der Waals surface area contributed by atoms with E-state index in [0.717, 1.165) is 12.1 Å². The maximum Gasteiger partial charge on any atom is 0.416 e. The van der Waals surface area contributed by atoms with Crippen LogP contribution >= 0.6 is 0 Å². The van der Waals surface area contributed by atoms with E-state index in [-0.39, 0.29) is 5.75 Å². The van der Waals surface area contributed by atoms with Crippen molar-refractivity contribution in [2.75, 3.05) is 0 Å². The average molecular weight is 264 g/mol. The van der Waals surface area contributed by atoms with Crippen molar-refractivity contribution in [3.05, 3.63) is 29.8 Å². The van der Waals surface area contributed by atoms with E-state index >= 15 is 0 Å². The molecular formula is C10H7F3O5. The number of rotatable bonds is 4. The summed E-state index contributed by atoms with van der Waals surface area (Å²) in [6.45, 7) is 0. The van der Waals surface area contributed by atoms with Gasteiger partial charge in [-0.25, -0.2) is 9.59 Å². The number of benzene rings is 1. The minimum Gasteiger partial charge on any atom is -0.478 e. The predicted molar refractivity (Wildman–Crippen MR) is 51.1 cm³/mol. The third kappa shape index (κ3) is 3.37. The second kappa shape index (κ2) is 4.94. The van der Waals surface area contributed by atoms with Crippen LogP contribution in [0.5, 0.6) is 5.75 Å². The molecule has 2 N–H and O–H groups in total. The number of halogens is 3. The molecular weight excluding hydrogens is 257 g/mol. The molecule has 0 spiro atoms. The number of carboxylic acids is 2. The van der Waals surface area contributed by atoms with Crippen molar-refractivity contribution in [1.82, 2.24) is 0 Å². The minimum absolute atomic E-state index is 0.280. The Morgan fingerprint density at radius 3 is 1.83 bits per heavy atom. The Bertz CT molecular complexity index is 438. The van der Waals surface area contributed by atoms with Gasteiger partial charge in [0, 0.05) is 0 Å². The number of alkyl halides is 3. The van der Waals surface area contributed by atoms with E-state index in [1.807, 2.05) is 0 Å². The monoisotopic (exact) mass is 264 g/mol. The highest BCUT2D eigenvalue weighted by atomic mass is 19.4. The van der Waals surface area contributed by atoms with Gasteiger partial charge in [-0.2, -0.15) is 13.2 Å². The lowest BCUT2D eigenvalue weighted by atomic mass is 10.2. The Morgan fingerprint density at radius 2 is 1.50 bits per heavy atom. The van der Waals surface area contributed by atoms with Gasteiger partial charge >= 0.3 is 18.1 Å². The number of hydrogen-bond donors (Lipinski definition) is 2. The summed E-state index contributed by atoms with van der Waals surface area (Å²) in [6, 6.07) is 3.02. The zero-order valence-electron chi connectivity index (χ0n) is 8.64. The van der Waals surface area contributed by atoms with Gasteiger partial charge in [0.25, 0.3) is 6.10 Å². The zero-order chi connectivity index (χ0) is 13.9. The highest BCUT2D eigenvalue weighted by Crippen LogP contribution is 2.30. The highest BCUT2D eigenvalue weighted by molar-refractivity contribution is 5.96. The fourth-order valence-electron chi connectivity index (χ4n) is 1.07. The summed E-state index contributed by atoms with van der Waals surface area (Å²) in [4.78, 5) is 21.0. The topological polar surface area (TPSA) is 83.8 Å².